The molecule has 0 saturated carbocycles. The van der Waals surface area contributed by atoms with E-state index in [9.17, 15) is 4.39 Å². The van der Waals surface area contributed by atoms with Gasteiger partial charge >= 0.3 is 0 Å². The predicted octanol–water partition coefficient (Wildman–Crippen LogP) is 3.38. The summed E-state index contributed by atoms with van der Waals surface area (Å²) in [6, 6.07) is 5.52. The summed E-state index contributed by atoms with van der Waals surface area (Å²) in [5.74, 6) is 1.75. The molecule has 0 spiro atoms. The number of thioether (sulfide) groups is 1. The summed E-state index contributed by atoms with van der Waals surface area (Å²) in [6.07, 6.45) is 1.06. The van der Waals surface area contributed by atoms with Crippen LogP contribution in [0.15, 0.2) is 16.6 Å². The highest BCUT2D eigenvalue weighted by atomic mass is 79.9. The van der Waals surface area contributed by atoms with Crippen molar-refractivity contribution in [3.8, 4) is 6.07 Å². The summed E-state index contributed by atoms with van der Waals surface area (Å²) < 4.78 is 14.1. The molecule has 1 aliphatic rings. The zero-order chi connectivity index (χ0) is 11.5. The molecule has 1 fully saturated rings. The standard InChI is InChI=1S/C11H10BrFN2S/c12-10-7(5-14)1-2-9(11(10)13)15-8-3-4-16-6-8/h1-2,8,15H,3-4,6H2. The molecule has 2 nitrogen and oxygen atoms in total. The molecule has 1 N–H and O–H groups in total. The van der Waals surface area contributed by atoms with Crippen molar-refractivity contribution in [1.82, 2.24) is 0 Å². The molecule has 0 bridgehead atoms. The van der Waals surface area contributed by atoms with Crippen LogP contribution in [0.3, 0.4) is 0 Å². The van der Waals surface area contributed by atoms with Crippen LogP contribution < -0.4 is 5.32 Å². The monoisotopic (exact) mass is 300 g/mol. The summed E-state index contributed by atoms with van der Waals surface area (Å²) in [4.78, 5) is 0. The van der Waals surface area contributed by atoms with Gasteiger partial charge in [-0.15, -0.1) is 0 Å². The van der Waals surface area contributed by atoms with E-state index in [-0.39, 0.29) is 10.3 Å². The molecule has 0 radical (unpaired) electrons. The van der Waals surface area contributed by atoms with E-state index in [2.05, 4.69) is 21.2 Å². The molecule has 0 amide bonds. The molecule has 0 aromatic heterocycles. The molecular weight excluding hydrogens is 291 g/mol. The van der Waals surface area contributed by atoms with Gasteiger partial charge in [0.25, 0.3) is 0 Å². The molecule has 84 valence electrons. The van der Waals surface area contributed by atoms with Gasteiger partial charge in [-0.25, -0.2) is 4.39 Å². The molecule has 16 heavy (non-hydrogen) atoms. The first-order valence-corrected chi connectivity index (χ1v) is 6.89. The Labute approximate surface area is 106 Å². The van der Waals surface area contributed by atoms with Crippen LogP contribution in [-0.4, -0.2) is 17.5 Å². The smallest absolute Gasteiger partial charge is 0.161 e. The number of nitrogens with one attached hydrogen (secondary N) is 1. The number of halogens is 2. The summed E-state index contributed by atoms with van der Waals surface area (Å²) in [5.41, 5.74) is 0.794. The summed E-state index contributed by atoms with van der Waals surface area (Å²) >= 11 is 4.97. The van der Waals surface area contributed by atoms with Crippen LogP contribution in [-0.2, 0) is 0 Å². The number of rotatable bonds is 2. The lowest BCUT2D eigenvalue weighted by molar-refractivity contribution is 0.619. The highest BCUT2D eigenvalue weighted by Crippen LogP contribution is 2.29. The first kappa shape index (κ1) is 11.7. The highest BCUT2D eigenvalue weighted by molar-refractivity contribution is 9.10. The molecule has 1 unspecified atom stereocenters. The van der Waals surface area contributed by atoms with E-state index in [1.165, 1.54) is 0 Å². The second-order valence-corrected chi connectivity index (χ2v) is 5.55. The number of anilines is 1. The third-order valence-corrected chi connectivity index (χ3v) is 4.43. The Morgan fingerprint density at radius 1 is 1.56 bits per heavy atom. The number of benzene rings is 1. The topological polar surface area (TPSA) is 35.8 Å². The lowest BCUT2D eigenvalue weighted by Gasteiger charge is -2.14. The van der Waals surface area contributed by atoms with Crippen LogP contribution in [0.2, 0.25) is 0 Å². The van der Waals surface area contributed by atoms with E-state index in [4.69, 9.17) is 5.26 Å². The van der Waals surface area contributed by atoms with Crippen molar-refractivity contribution in [3.05, 3.63) is 28.0 Å². The molecule has 1 aromatic carbocycles. The van der Waals surface area contributed by atoms with E-state index >= 15 is 0 Å². The maximum absolute atomic E-state index is 13.8. The van der Waals surface area contributed by atoms with Gasteiger partial charge in [-0.1, -0.05) is 0 Å². The van der Waals surface area contributed by atoms with E-state index < -0.39 is 0 Å². The van der Waals surface area contributed by atoms with Crippen molar-refractivity contribution in [2.45, 2.75) is 12.5 Å². The van der Waals surface area contributed by atoms with Crippen LogP contribution in [0, 0.1) is 17.1 Å². The fourth-order valence-electron chi connectivity index (χ4n) is 1.62. The number of hydrogen-bond acceptors (Lipinski definition) is 3. The van der Waals surface area contributed by atoms with Crippen molar-refractivity contribution in [2.24, 2.45) is 0 Å². The Hall–Kier alpha value is -0.730. The van der Waals surface area contributed by atoms with Crippen LogP contribution in [0.4, 0.5) is 10.1 Å². The zero-order valence-electron chi connectivity index (χ0n) is 8.46. The molecule has 5 heteroatoms. The van der Waals surface area contributed by atoms with Crippen LogP contribution in [0.1, 0.15) is 12.0 Å². The largest absolute Gasteiger partial charge is 0.379 e. The van der Waals surface area contributed by atoms with E-state index in [0.717, 1.165) is 17.9 Å². The molecule has 1 atom stereocenters. The third-order valence-electron chi connectivity index (χ3n) is 2.49. The first-order chi connectivity index (χ1) is 7.72. The third kappa shape index (κ3) is 2.33. The van der Waals surface area contributed by atoms with Gasteiger partial charge in [0.15, 0.2) is 5.82 Å². The Balaban J connectivity index is 2.22. The molecule has 1 saturated heterocycles. The van der Waals surface area contributed by atoms with Crippen molar-refractivity contribution >= 4 is 33.4 Å². The Morgan fingerprint density at radius 3 is 3.00 bits per heavy atom. The summed E-state index contributed by atoms with van der Waals surface area (Å²) in [7, 11) is 0. The average molecular weight is 301 g/mol. The lowest BCUT2D eigenvalue weighted by atomic mass is 10.2. The maximum Gasteiger partial charge on any atom is 0.161 e. The fraction of sp³-hybridized carbons (Fsp3) is 0.364. The fourth-order valence-corrected chi connectivity index (χ4v) is 3.20. The van der Waals surface area contributed by atoms with E-state index in [1.54, 1.807) is 12.1 Å². The first-order valence-electron chi connectivity index (χ1n) is 4.94. The Bertz CT molecular complexity index is 438. The van der Waals surface area contributed by atoms with Crippen molar-refractivity contribution in [2.75, 3.05) is 16.8 Å². The molecule has 1 aliphatic heterocycles. The minimum absolute atomic E-state index is 0.241. The summed E-state index contributed by atoms with van der Waals surface area (Å²) in [5, 5.41) is 11.9. The van der Waals surface area contributed by atoms with Gasteiger partial charge in [-0.05, 0) is 40.2 Å². The SMILES string of the molecule is N#Cc1ccc(NC2CCSC2)c(F)c1Br. The second kappa shape index (κ2) is 5.07. The van der Waals surface area contributed by atoms with Crippen LogP contribution in [0.25, 0.3) is 0 Å². The van der Waals surface area contributed by atoms with Crippen LogP contribution >= 0.6 is 27.7 Å². The zero-order valence-corrected chi connectivity index (χ0v) is 10.9. The van der Waals surface area contributed by atoms with Gasteiger partial charge in [0.2, 0.25) is 0 Å². The van der Waals surface area contributed by atoms with Gasteiger partial charge in [-0.3, -0.25) is 0 Å². The maximum atomic E-state index is 13.8. The van der Waals surface area contributed by atoms with E-state index in [1.807, 2.05) is 17.8 Å². The number of nitrogens with zero attached hydrogens (tertiary/aromatic N) is 1. The minimum atomic E-state index is -0.379. The Kier molecular flexibility index (Phi) is 3.72. The second-order valence-electron chi connectivity index (χ2n) is 3.61. The lowest BCUT2D eigenvalue weighted by Crippen LogP contribution is -2.19. The number of nitriles is 1. The van der Waals surface area contributed by atoms with Gasteiger partial charge in [-0.2, -0.15) is 17.0 Å². The van der Waals surface area contributed by atoms with Crippen LogP contribution in [0.5, 0.6) is 0 Å². The van der Waals surface area contributed by atoms with Crippen molar-refractivity contribution in [3.63, 3.8) is 0 Å². The van der Waals surface area contributed by atoms with Gasteiger partial charge in [0.05, 0.1) is 15.7 Å². The molecule has 0 aliphatic carbocycles. The predicted molar refractivity (Wildman–Crippen MR) is 68.2 cm³/mol. The molecular formula is C11H10BrFN2S. The van der Waals surface area contributed by atoms with Gasteiger partial charge < -0.3 is 5.32 Å². The molecule has 2 rings (SSSR count). The van der Waals surface area contributed by atoms with E-state index in [0.29, 0.717) is 17.3 Å². The van der Waals surface area contributed by atoms with Gasteiger partial charge in [0, 0.05) is 11.8 Å². The summed E-state index contributed by atoms with van der Waals surface area (Å²) in [6.45, 7) is 0. The number of hydrogen-bond donors (Lipinski definition) is 1. The Morgan fingerprint density at radius 2 is 2.38 bits per heavy atom. The average Bonchev–Trinajstić information content (AvgIpc) is 2.78. The quantitative estimate of drug-likeness (QED) is 0.909. The normalized spacial score (nSPS) is 19.4. The molecule has 1 heterocycles. The van der Waals surface area contributed by atoms with Crippen molar-refractivity contribution < 1.29 is 4.39 Å². The minimum Gasteiger partial charge on any atom is -0.379 e. The highest BCUT2D eigenvalue weighted by Gasteiger charge is 2.18. The van der Waals surface area contributed by atoms with Gasteiger partial charge in [0.1, 0.15) is 6.07 Å². The van der Waals surface area contributed by atoms with Crippen molar-refractivity contribution in [1.29, 1.82) is 5.26 Å². The molecule has 1 aromatic rings.